The summed E-state index contributed by atoms with van der Waals surface area (Å²) in [5.41, 5.74) is -0.106. The standard InChI is InChI=1S/C21H31N3O6/c1-21(2,3)30-20(27)24-10-8-15(9-11-24)23-19(26)14-6-7-16(17(12-14)28-5)29-13-18(25)22-4/h6-7,12,15H,8-11,13H2,1-5H3,(H,22,25)(H,23,26). The van der Waals surface area contributed by atoms with Crippen molar-refractivity contribution in [2.45, 2.75) is 45.3 Å². The van der Waals surface area contributed by atoms with Crippen LogP contribution in [0.4, 0.5) is 4.79 Å². The zero-order chi connectivity index (χ0) is 22.3. The predicted octanol–water partition coefficient (Wildman–Crippen LogP) is 1.95. The molecule has 1 saturated heterocycles. The molecule has 0 aliphatic carbocycles. The molecule has 3 amide bonds. The Kier molecular flexibility index (Phi) is 7.91. The van der Waals surface area contributed by atoms with E-state index in [1.165, 1.54) is 14.2 Å². The average Bonchev–Trinajstić information content (AvgIpc) is 2.70. The van der Waals surface area contributed by atoms with E-state index in [0.29, 0.717) is 43.0 Å². The van der Waals surface area contributed by atoms with E-state index in [-0.39, 0.29) is 30.6 Å². The predicted molar refractivity (Wildman–Crippen MR) is 111 cm³/mol. The number of likely N-dealkylation sites (N-methyl/N-ethyl adjacent to an activating group) is 1. The molecule has 0 saturated carbocycles. The SMILES string of the molecule is CNC(=O)COc1ccc(C(=O)NC2CCN(C(=O)OC(C)(C)C)CC2)cc1OC. The summed E-state index contributed by atoms with van der Waals surface area (Å²) in [6.07, 6.45) is 0.967. The minimum absolute atomic E-state index is 0.0358. The molecular formula is C21H31N3O6. The number of carbonyl (C=O) groups is 3. The Bertz CT molecular complexity index is 766. The van der Waals surface area contributed by atoms with Crippen molar-refractivity contribution >= 4 is 17.9 Å². The number of likely N-dealkylation sites (tertiary alicyclic amines) is 1. The molecule has 0 radical (unpaired) electrons. The van der Waals surface area contributed by atoms with E-state index < -0.39 is 5.60 Å². The number of benzene rings is 1. The van der Waals surface area contributed by atoms with Gasteiger partial charge in [0.05, 0.1) is 7.11 Å². The quantitative estimate of drug-likeness (QED) is 0.727. The first-order chi connectivity index (χ1) is 14.1. The highest BCUT2D eigenvalue weighted by Crippen LogP contribution is 2.28. The molecule has 1 aromatic rings. The summed E-state index contributed by atoms with van der Waals surface area (Å²) in [6, 6.07) is 4.75. The van der Waals surface area contributed by atoms with Crippen LogP contribution in [0.5, 0.6) is 11.5 Å². The number of carbonyl (C=O) groups excluding carboxylic acids is 3. The molecule has 2 N–H and O–H groups in total. The first-order valence-corrected chi connectivity index (χ1v) is 9.93. The monoisotopic (exact) mass is 421 g/mol. The Morgan fingerprint density at radius 1 is 1.13 bits per heavy atom. The van der Waals surface area contributed by atoms with E-state index in [0.717, 1.165) is 0 Å². The lowest BCUT2D eigenvalue weighted by molar-refractivity contribution is -0.122. The molecule has 166 valence electrons. The Morgan fingerprint density at radius 3 is 2.37 bits per heavy atom. The van der Waals surface area contributed by atoms with Crippen LogP contribution < -0.4 is 20.1 Å². The number of methoxy groups -OCH3 is 1. The lowest BCUT2D eigenvalue weighted by atomic mass is 10.0. The van der Waals surface area contributed by atoms with Crippen LogP contribution in [0.3, 0.4) is 0 Å². The third-order valence-electron chi connectivity index (χ3n) is 4.55. The topological polar surface area (TPSA) is 106 Å². The van der Waals surface area contributed by atoms with Gasteiger partial charge >= 0.3 is 6.09 Å². The number of amides is 3. The smallest absolute Gasteiger partial charge is 0.410 e. The molecule has 0 spiro atoms. The van der Waals surface area contributed by atoms with Crippen LogP contribution in [0.1, 0.15) is 44.0 Å². The maximum absolute atomic E-state index is 12.6. The lowest BCUT2D eigenvalue weighted by Gasteiger charge is -2.33. The van der Waals surface area contributed by atoms with Gasteiger partial charge in [-0.2, -0.15) is 0 Å². The van der Waals surface area contributed by atoms with E-state index >= 15 is 0 Å². The average molecular weight is 421 g/mol. The molecule has 0 unspecified atom stereocenters. The summed E-state index contributed by atoms with van der Waals surface area (Å²) in [6.45, 7) is 6.41. The molecule has 1 aliphatic heterocycles. The van der Waals surface area contributed by atoms with Gasteiger partial charge in [-0.1, -0.05) is 0 Å². The highest BCUT2D eigenvalue weighted by Gasteiger charge is 2.27. The van der Waals surface area contributed by atoms with E-state index in [4.69, 9.17) is 14.2 Å². The van der Waals surface area contributed by atoms with E-state index in [1.807, 2.05) is 20.8 Å². The third kappa shape index (κ3) is 6.82. The van der Waals surface area contributed by atoms with Gasteiger partial charge in [-0.15, -0.1) is 0 Å². The molecule has 1 aliphatic rings. The molecule has 9 heteroatoms. The normalized spacial score (nSPS) is 14.6. The van der Waals surface area contributed by atoms with Gasteiger partial charge in [0, 0.05) is 31.7 Å². The zero-order valence-electron chi connectivity index (χ0n) is 18.2. The first kappa shape index (κ1) is 23.3. The lowest BCUT2D eigenvalue weighted by Crippen LogP contribution is -2.47. The molecule has 0 bridgehead atoms. The number of nitrogens with zero attached hydrogens (tertiary/aromatic N) is 1. The van der Waals surface area contributed by atoms with Gasteiger partial charge < -0.3 is 29.7 Å². The number of rotatable bonds is 6. The van der Waals surface area contributed by atoms with E-state index in [1.54, 1.807) is 23.1 Å². The second-order valence-corrected chi connectivity index (χ2v) is 8.04. The highest BCUT2D eigenvalue weighted by atomic mass is 16.6. The molecule has 9 nitrogen and oxygen atoms in total. The van der Waals surface area contributed by atoms with Crippen molar-refractivity contribution in [1.29, 1.82) is 0 Å². The summed E-state index contributed by atoms with van der Waals surface area (Å²) >= 11 is 0. The number of hydrogen-bond donors (Lipinski definition) is 2. The van der Waals surface area contributed by atoms with Gasteiger partial charge in [0.1, 0.15) is 5.60 Å². The van der Waals surface area contributed by atoms with Crippen LogP contribution in [-0.2, 0) is 9.53 Å². The second kappa shape index (κ2) is 10.2. The molecule has 1 aromatic carbocycles. The van der Waals surface area contributed by atoms with Crippen LogP contribution in [-0.4, -0.2) is 68.3 Å². The summed E-state index contributed by atoms with van der Waals surface area (Å²) in [4.78, 5) is 37.8. The van der Waals surface area contributed by atoms with Gasteiger partial charge in [0.2, 0.25) is 0 Å². The summed E-state index contributed by atoms with van der Waals surface area (Å²) in [5, 5.41) is 5.46. The van der Waals surface area contributed by atoms with E-state index in [2.05, 4.69) is 10.6 Å². The summed E-state index contributed by atoms with van der Waals surface area (Å²) in [5.74, 6) is 0.244. The zero-order valence-corrected chi connectivity index (χ0v) is 18.2. The Balaban J connectivity index is 1.90. The molecule has 1 fully saturated rings. The Morgan fingerprint density at radius 2 is 1.80 bits per heavy atom. The molecule has 0 atom stereocenters. The van der Waals surface area contributed by atoms with Crippen molar-refractivity contribution in [3.63, 3.8) is 0 Å². The van der Waals surface area contributed by atoms with Crippen molar-refractivity contribution in [3.05, 3.63) is 23.8 Å². The number of ether oxygens (including phenoxy) is 3. The van der Waals surface area contributed by atoms with Crippen LogP contribution >= 0.6 is 0 Å². The fourth-order valence-corrected chi connectivity index (χ4v) is 2.95. The number of nitrogens with one attached hydrogen (secondary N) is 2. The fraction of sp³-hybridized carbons (Fsp3) is 0.571. The van der Waals surface area contributed by atoms with Crippen molar-refractivity contribution in [1.82, 2.24) is 15.5 Å². The molecule has 0 aromatic heterocycles. The van der Waals surface area contributed by atoms with Gasteiger partial charge in [0.25, 0.3) is 11.8 Å². The Labute approximate surface area is 177 Å². The van der Waals surface area contributed by atoms with Crippen LogP contribution in [0.25, 0.3) is 0 Å². The van der Waals surface area contributed by atoms with Gasteiger partial charge in [-0.3, -0.25) is 9.59 Å². The van der Waals surface area contributed by atoms with Crippen LogP contribution in [0, 0.1) is 0 Å². The number of piperidine rings is 1. The maximum Gasteiger partial charge on any atom is 0.410 e. The first-order valence-electron chi connectivity index (χ1n) is 9.93. The third-order valence-corrected chi connectivity index (χ3v) is 4.55. The van der Waals surface area contributed by atoms with Crippen molar-refractivity contribution in [3.8, 4) is 11.5 Å². The van der Waals surface area contributed by atoms with Crippen molar-refractivity contribution in [2.75, 3.05) is 33.9 Å². The van der Waals surface area contributed by atoms with Gasteiger partial charge in [-0.05, 0) is 51.8 Å². The molecule has 30 heavy (non-hydrogen) atoms. The molecule has 1 heterocycles. The Hall–Kier alpha value is -2.97. The fourth-order valence-electron chi connectivity index (χ4n) is 2.95. The minimum Gasteiger partial charge on any atom is -0.493 e. The number of hydrogen-bond acceptors (Lipinski definition) is 6. The minimum atomic E-state index is -0.530. The van der Waals surface area contributed by atoms with Crippen LogP contribution in [0.15, 0.2) is 18.2 Å². The highest BCUT2D eigenvalue weighted by molar-refractivity contribution is 5.95. The molecular weight excluding hydrogens is 390 g/mol. The van der Waals surface area contributed by atoms with Gasteiger partial charge in [0.15, 0.2) is 18.1 Å². The molecule has 2 rings (SSSR count). The summed E-state index contributed by atoms with van der Waals surface area (Å²) < 4.78 is 16.1. The van der Waals surface area contributed by atoms with Gasteiger partial charge in [-0.25, -0.2) is 4.79 Å². The largest absolute Gasteiger partial charge is 0.493 e. The van der Waals surface area contributed by atoms with Crippen molar-refractivity contribution in [2.24, 2.45) is 0 Å². The van der Waals surface area contributed by atoms with E-state index in [9.17, 15) is 14.4 Å². The maximum atomic E-state index is 12.6. The summed E-state index contributed by atoms with van der Waals surface area (Å²) in [7, 11) is 2.99. The second-order valence-electron chi connectivity index (χ2n) is 8.04. The van der Waals surface area contributed by atoms with Crippen molar-refractivity contribution < 1.29 is 28.6 Å². The van der Waals surface area contributed by atoms with Crippen LogP contribution in [0.2, 0.25) is 0 Å².